The van der Waals surface area contributed by atoms with Crippen molar-refractivity contribution in [2.24, 2.45) is 5.92 Å². The molecule has 1 fully saturated rings. The zero-order chi connectivity index (χ0) is 17.2. The number of hydrogen-bond acceptors (Lipinski definition) is 5. The summed E-state index contributed by atoms with van der Waals surface area (Å²) in [5, 5.41) is 7.23. The molecule has 9 heteroatoms. The molecule has 0 aliphatic carbocycles. The number of fused-ring (bicyclic) bond motifs is 1. The molecule has 1 aromatic rings. The van der Waals surface area contributed by atoms with E-state index < -0.39 is 10.0 Å². The van der Waals surface area contributed by atoms with Gasteiger partial charge in [0.1, 0.15) is 0 Å². The summed E-state index contributed by atoms with van der Waals surface area (Å²) < 4.78 is 32.2. The van der Waals surface area contributed by atoms with Crippen LogP contribution in [0.15, 0.2) is 12.3 Å². The Bertz CT molecular complexity index is 681. The van der Waals surface area contributed by atoms with Gasteiger partial charge < -0.3 is 10.1 Å². The van der Waals surface area contributed by atoms with Crippen molar-refractivity contribution in [3.05, 3.63) is 18.0 Å². The molecule has 1 aromatic heterocycles. The molecule has 134 valence electrons. The standard InChI is InChI=1S/C15H24N4O4S/c1-24(21,22)18-10-13-2-5-17-19(13)14(11-18)8-15(20)16-9-12-3-6-23-7-4-12/h2,5,12,14H,3-4,6-11H2,1H3,(H,16,20)/t14-/m0/s1. The van der Waals surface area contributed by atoms with Crippen molar-refractivity contribution in [1.29, 1.82) is 0 Å². The van der Waals surface area contributed by atoms with Crippen molar-refractivity contribution in [3.63, 3.8) is 0 Å². The first-order chi connectivity index (χ1) is 11.4. The van der Waals surface area contributed by atoms with Crippen molar-refractivity contribution in [2.45, 2.75) is 31.8 Å². The fourth-order valence-electron chi connectivity index (χ4n) is 3.25. The van der Waals surface area contributed by atoms with Gasteiger partial charge >= 0.3 is 0 Å². The van der Waals surface area contributed by atoms with Crippen LogP contribution in [0.1, 0.15) is 31.0 Å². The Hall–Kier alpha value is -1.45. The van der Waals surface area contributed by atoms with Crippen LogP contribution < -0.4 is 5.32 Å². The normalized spacial score (nSPS) is 23.0. The van der Waals surface area contributed by atoms with Gasteiger partial charge in [-0.2, -0.15) is 9.40 Å². The maximum absolute atomic E-state index is 12.3. The van der Waals surface area contributed by atoms with Crippen molar-refractivity contribution in [1.82, 2.24) is 19.4 Å². The lowest BCUT2D eigenvalue weighted by molar-refractivity contribution is -0.122. The molecule has 0 saturated carbocycles. The van der Waals surface area contributed by atoms with Crippen molar-refractivity contribution < 1.29 is 17.9 Å². The molecule has 0 unspecified atom stereocenters. The Morgan fingerprint density at radius 2 is 2.17 bits per heavy atom. The van der Waals surface area contributed by atoms with E-state index >= 15 is 0 Å². The third kappa shape index (κ3) is 4.14. The molecule has 24 heavy (non-hydrogen) atoms. The van der Waals surface area contributed by atoms with E-state index in [0.717, 1.165) is 31.7 Å². The summed E-state index contributed by atoms with van der Waals surface area (Å²) in [6.45, 7) is 2.74. The van der Waals surface area contributed by atoms with Gasteiger partial charge in [-0.1, -0.05) is 0 Å². The Labute approximate surface area is 142 Å². The van der Waals surface area contributed by atoms with Crippen LogP contribution in [0.3, 0.4) is 0 Å². The smallest absolute Gasteiger partial charge is 0.222 e. The first-order valence-corrected chi connectivity index (χ1v) is 10.1. The molecule has 0 radical (unpaired) electrons. The highest BCUT2D eigenvalue weighted by atomic mass is 32.2. The van der Waals surface area contributed by atoms with Gasteiger partial charge in [0.2, 0.25) is 15.9 Å². The first kappa shape index (κ1) is 17.4. The molecule has 2 aliphatic heterocycles. The molecule has 0 aromatic carbocycles. The SMILES string of the molecule is CS(=O)(=O)N1Cc2ccnn2[C@@H](CC(=O)NCC2CCOCC2)C1. The number of amides is 1. The van der Waals surface area contributed by atoms with E-state index in [-0.39, 0.29) is 24.9 Å². The van der Waals surface area contributed by atoms with Crippen molar-refractivity contribution >= 4 is 15.9 Å². The summed E-state index contributed by atoms with van der Waals surface area (Å²) in [5.74, 6) is 0.394. The lowest BCUT2D eigenvalue weighted by Gasteiger charge is -2.32. The molecule has 1 amide bonds. The highest BCUT2D eigenvalue weighted by Gasteiger charge is 2.31. The van der Waals surface area contributed by atoms with Gasteiger partial charge in [0.25, 0.3) is 0 Å². The molecule has 8 nitrogen and oxygen atoms in total. The number of nitrogens with one attached hydrogen (secondary N) is 1. The lowest BCUT2D eigenvalue weighted by atomic mass is 10.0. The molecule has 2 aliphatic rings. The van der Waals surface area contributed by atoms with E-state index in [9.17, 15) is 13.2 Å². The summed E-state index contributed by atoms with van der Waals surface area (Å²) in [5.41, 5.74) is 0.814. The van der Waals surface area contributed by atoms with Gasteiger partial charge in [0.05, 0.1) is 31.0 Å². The summed E-state index contributed by atoms with van der Waals surface area (Å²) in [7, 11) is -3.30. The molecule has 0 spiro atoms. The number of carbonyl (C=O) groups excluding carboxylic acids is 1. The van der Waals surface area contributed by atoms with Gasteiger partial charge in [0, 0.05) is 32.5 Å². The summed E-state index contributed by atoms with van der Waals surface area (Å²) >= 11 is 0. The number of rotatable bonds is 5. The fraction of sp³-hybridized carbons (Fsp3) is 0.733. The Kier molecular flexibility index (Phi) is 5.21. The van der Waals surface area contributed by atoms with Crippen molar-refractivity contribution in [3.8, 4) is 0 Å². The van der Waals surface area contributed by atoms with Crippen LogP contribution in [-0.2, 0) is 26.1 Å². The van der Waals surface area contributed by atoms with Gasteiger partial charge in [-0.15, -0.1) is 0 Å². The van der Waals surface area contributed by atoms with Gasteiger partial charge in [0.15, 0.2) is 0 Å². The number of aromatic nitrogens is 2. The van der Waals surface area contributed by atoms with Crippen molar-refractivity contribution in [2.75, 3.05) is 32.6 Å². The number of sulfonamides is 1. The highest BCUT2D eigenvalue weighted by Crippen LogP contribution is 2.24. The Balaban J connectivity index is 1.60. The Morgan fingerprint density at radius 3 is 2.88 bits per heavy atom. The molecule has 3 heterocycles. The minimum Gasteiger partial charge on any atom is -0.381 e. The topological polar surface area (TPSA) is 93.5 Å². The van der Waals surface area contributed by atoms with Crippen LogP contribution in [0.2, 0.25) is 0 Å². The summed E-state index contributed by atoms with van der Waals surface area (Å²) in [6, 6.07) is 1.53. The molecule has 0 bridgehead atoms. The number of carbonyl (C=O) groups is 1. The quantitative estimate of drug-likeness (QED) is 0.809. The molecule has 1 N–H and O–H groups in total. The molecular weight excluding hydrogens is 332 g/mol. The lowest BCUT2D eigenvalue weighted by Crippen LogP contribution is -2.42. The summed E-state index contributed by atoms with van der Waals surface area (Å²) in [6.07, 6.45) is 5.00. The van der Waals surface area contributed by atoms with Crippen LogP contribution in [-0.4, -0.2) is 61.0 Å². The first-order valence-electron chi connectivity index (χ1n) is 8.25. The largest absolute Gasteiger partial charge is 0.381 e. The predicted octanol–water partition coefficient (Wildman–Crippen LogP) is 0.132. The van der Waals surface area contributed by atoms with Crippen LogP contribution in [0.4, 0.5) is 0 Å². The number of nitrogens with zero attached hydrogens (tertiary/aromatic N) is 3. The minimum absolute atomic E-state index is 0.0664. The van der Waals surface area contributed by atoms with Gasteiger partial charge in [-0.05, 0) is 24.8 Å². The average molecular weight is 356 g/mol. The van der Waals surface area contributed by atoms with Gasteiger partial charge in [-0.25, -0.2) is 8.42 Å². The maximum Gasteiger partial charge on any atom is 0.222 e. The van der Waals surface area contributed by atoms with E-state index in [1.165, 1.54) is 10.6 Å². The molecule has 1 saturated heterocycles. The van der Waals surface area contributed by atoms with Crippen LogP contribution in [0.5, 0.6) is 0 Å². The van der Waals surface area contributed by atoms with E-state index in [2.05, 4.69) is 10.4 Å². The average Bonchev–Trinajstić information content (AvgIpc) is 3.02. The van der Waals surface area contributed by atoms with Crippen LogP contribution >= 0.6 is 0 Å². The third-order valence-electron chi connectivity index (χ3n) is 4.67. The maximum atomic E-state index is 12.3. The van der Waals surface area contributed by atoms with Crippen LogP contribution in [0.25, 0.3) is 0 Å². The highest BCUT2D eigenvalue weighted by molar-refractivity contribution is 7.88. The second-order valence-corrected chi connectivity index (χ2v) is 8.52. The van der Waals surface area contributed by atoms with E-state index in [4.69, 9.17) is 4.74 Å². The molecule has 1 atom stereocenters. The molecule has 3 rings (SSSR count). The summed E-state index contributed by atoms with van der Waals surface area (Å²) in [4.78, 5) is 12.3. The second-order valence-electron chi connectivity index (χ2n) is 6.54. The van der Waals surface area contributed by atoms with Gasteiger partial charge in [-0.3, -0.25) is 9.48 Å². The monoisotopic (exact) mass is 356 g/mol. The predicted molar refractivity (Wildman–Crippen MR) is 87.7 cm³/mol. The van der Waals surface area contributed by atoms with E-state index in [0.29, 0.717) is 19.0 Å². The third-order valence-corrected chi connectivity index (χ3v) is 5.89. The number of hydrogen-bond donors (Lipinski definition) is 1. The molecular formula is C15H24N4O4S. The van der Waals surface area contributed by atoms with E-state index in [1.54, 1.807) is 16.9 Å². The Morgan fingerprint density at radius 1 is 1.42 bits per heavy atom. The van der Waals surface area contributed by atoms with E-state index in [1.807, 2.05) is 0 Å². The zero-order valence-electron chi connectivity index (χ0n) is 13.8. The number of ether oxygens (including phenoxy) is 1. The zero-order valence-corrected chi connectivity index (χ0v) is 14.7. The van der Waals surface area contributed by atoms with Crippen LogP contribution in [0, 0.1) is 5.92 Å². The minimum atomic E-state index is -3.30. The fourth-order valence-corrected chi connectivity index (χ4v) is 4.06. The second kappa shape index (κ2) is 7.20.